The van der Waals surface area contributed by atoms with Crippen LogP contribution in [0, 0.1) is 0 Å². The quantitative estimate of drug-likeness (QED) is 0.675. The average Bonchev–Trinajstić information content (AvgIpc) is 2.87. The summed E-state index contributed by atoms with van der Waals surface area (Å²) in [6.45, 7) is 2.92. The van der Waals surface area contributed by atoms with Crippen molar-refractivity contribution in [3.8, 4) is 5.75 Å². The van der Waals surface area contributed by atoms with Crippen LogP contribution in [-0.2, 0) is 17.8 Å². The minimum Gasteiger partial charge on any atom is -0.497 e. The van der Waals surface area contributed by atoms with Crippen molar-refractivity contribution in [2.24, 2.45) is 0 Å². The number of nitrogens with one attached hydrogen (secondary N) is 1. The number of carbonyl (C=O) groups excluding carboxylic acids is 1. The first kappa shape index (κ1) is 17.5. The fourth-order valence-corrected chi connectivity index (χ4v) is 3.76. The molecule has 3 rings (SSSR count). The van der Waals surface area contributed by atoms with Crippen LogP contribution in [0.3, 0.4) is 0 Å². The Kier molecular flexibility index (Phi) is 5.43. The zero-order valence-electron chi connectivity index (χ0n) is 14.4. The average molecular weight is 401 g/mol. The Hall–Kier alpha value is -2.27. The van der Waals surface area contributed by atoms with E-state index in [1.165, 1.54) is 11.3 Å². The molecule has 0 unspecified atom stereocenters. The van der Waals surface area contributed by atoms with E-state index in [9.17, 15) is 4.79 Å². The zero-order valence-corrected chi connectivity index (χ0v) is 16.0. The summed E-state index contributed by atoms with van der Waals surface area (Å²) in [6, 6.07) is 16.5. The van der Waals surface area contributed by atoms with Gasteiger partial charge < -0.3 is 14.6 Å². The number of methoxy groups -OCH3 is 1. The van der Waals surface area contributed by atoms with E-state index in [0.717, 1.165) is 34.1 Å². The number of halogens is 1. The monoisotopic (exact) mass is 400 g/mol. The molecule has 0 bridgehead atoms. The number of hydrogen-bond donors (Lipinski definition) is 1. The Bertz CT molecular complexity index is 888. The molecule has 0 radical (unpaired) electrons. The van der Waals surface area contributed by atoms with Crippen molar-refractivity contribution in [3.05, 3.63) is 64.3 Å². The lowest BCUT2D eigenvalue weighted by molar-refractivity contribution is -0.118. The molecule has 4 nitrogen and oxygen atoms in total. The number of benzene rings is 2. The SMILES string of the molecule is COc1ccc2c(Br)c(CCNC(C)=O)n(Cc3ccccc3)c2c1. The predicted molar refractivity (Wildman–Crippen MR) is 104 cm³/mol. The van der Waals surface area contributed by atoms with Crippen molar-refractivity contribution in [1.29, 1.82) is 0 Å². The van der Waals surface area contributed by atoms with Gasteiger partial charge in [-0.05, 0) is 33.6 Å². The summed E-state index contributed by atoms with van der Waals surface area (Å²) in [5.41, 5.74) is 3.52. The summed E-state index contributed by atoms with van der Waals surface area (Å²) >= 11 is 3.76. The highest BCUT2D eigenvalue weighted by Gasteiger charge is 2.16. The highest BCUT2D eigenvalue weighted by molar-refractivity contribution is 9.10. The second kappa shape index (κ2) is 7.74. The molecular formula is C20H21BrN2O2. The van der Waals surface area contributed by atoms with E-state index in [0.29, 0.717) is 6.54 Å². The molecule has 0 aliphatic rings. The molecule has 25 heavy (non-hydrogen) atoms. The van der Waals surface area contributed by atoms with Gasteiger partial charge in [-0.2, -0.15) is 0 Å². The van der Waals surface area contributed by atoms with Crippen LogP contribution >= 0.6 is 15.9 Å². The number of aromatic nitrogens is 1. The second-order valence-electron chi connectivity index (χ2n) is 5.95. The van der Waals surface area contributed by atoms with E-state index >= 15 is 0 Å². The van der Waals surface area contributed by atoms with Gasteiger partial charge >= 0.3 is 0 Å². The molecule has 1 aromatic heterocycles. The lowest BCUT2D eigenvalue weighted by Crippen LogP contribution is -2.23. The van der Waals surface area contributed by atoms with Gasteiger partial charge in [0, 0.05) is 48.1 Å². The number of carbonyl (C=O) groups is 1. The first-order valence-corrected chi connectivity index (χ1v) is 9.02. The number of amides is 1. The van der Waals surface area contributed by atoms with E-state index in [2.05, 4.69) is 50.1 Å². The molecule has 1 amide bonds. The molecule has 3 aromatic rings. The Balaban J connectivity index is 2.06. The summed E-state index contributed by atoms with van der Waals surface area (Å²) in [7, 11) is 1.68. The molecule has 2 aromatic carbocycles. The van der Waals surface area contributed by atoms with E-state index < -0.39 is 0 Å². The fourth-order valence-electron chi connectivity index (χ4n) is 3.01. The molecular weight excluding hydrogens is 380 g/mol. The highest BCUT2D eigenvalue weighted by Crippen LogP contribution is 2.34. The molecule has 0 saturated carbocycles. The largest absolute Gasteiger partial charge is 0.497 e. The molecule has 130 valence electrons. The zero-order chi connectivity index (χ0) is 17.8. The van der Waals surface area contributed by atoms with Gasteiger partial charge in [0.25, 0.3) is 0 Å². The Morgan fingerprint density at radius 1 is 1.20 bits per heavy atom. The van der Waals surface area contributed by atoms with Gasteiger partial charge in [0.05, 0.1) is 12.6 Å². The molecule has 5 heteroatoms. The van der Waals surface area contributed by atoms with Crippen LogP contribution in [-0.4, -0.2) is 24.1 Å². The van der Waals surface area contributed by atoms with Gasteiger partial charge in [-0.1, -0.05) is 30.3 Å². The second-order valence-corrected chi connectivity index (χ2v) is 6.74. The maximum atomic E-state index is 11.2. The van der Waals surface area contributed by atoms with Crippen LogP contribution in [0.2, 0.25) is 0 Å². The molecule has 1 heterocycles. The third kappa shape index (κ3) is 3.87. The molecule has 0 atom stereocenters. The van der Waals surface area contributed by atoms with Gasteiger partial charge in [0.1, 0.15) is 5.75 Å². The topological polar surface area (TPSA) is 43.3 Å². The molecule has 0 fully saturated rings. The van der Waals surface area contributed by atoms with Crippen molar-refractivity contribution >= 4 is 32.7 Å². The first-order valence-electron chi connectivity index (χ1n) is 8.23. The molecule has 1 N–H and O–H groups in total. The van der Waals surface area contributed by atoms with Crippen LogP contribution in [0.1, 0.15) is 18.2 Å². The molecule has 0 spiro atoms. The van der Waals surface area contributed by atoms with Crippen molar-refractivity contribution in [2.45, 2.75) is 19.9 Å². The van der Waals surface area contributed by atoms with Crippen LogP contribution in [0.4, 0.5) is 0 Å². The number of rotatable bonds is 6. The minimum atomic E-state index is -0.0106. The first-order chi connectivity index (χ1) is 12.1. The summed E-state index contributed by atoms with van der Waals surface area (Å²) in [5, 5.41) is 4.03. The normalized spacial score (nSPS) is 10.8. The minimum absolute atomic E-state index is 0.0106. The number of hydrogen-bond acceptors (Lipinski definition) is 2. The Morgan fingerprint density at radius 3 is 2.64 bits per heavy atom. The third-order valence-corrected chi connectivity index (χ3v) is 5.12. The van der Waals surface area contributed by atoms with Gasteiger partial charge in [-0.3, -0.25) is 4.79 Å². The fraction of sp³-hybridized carbons (Fsp3) is 0.250. The Labute approximate surface area is 155 Å². The summed E-state index contributed by atoms with van der Waals surface area (Å²) in [5.74, 6) is 0.823. The molecule has 0 aliphatic heterocycles. The highest BCUT2D eigenvalue weighted by atomic mass is 79.9. The van der Waals surface area contributed by atoms with E-state index in [4.69, 9.17) is 4.74 Å². The van der Waals surface area contributed by atoms with Crippen LogP contribution in [0.25, 0.3) is 10.9 Å². The summed E-state index contributed by atoms with van der Waals surface area (Å²) in [4.78, 5) is 11.2. The van der Waals surface area contributed by atoms with Crippen molar-refractivity contribution in [3.63, 3.8) is 0 Å². The predicted octanol–water partition coefficient (Wildman–Crippen LogP) is 4.14. The Morgan fingerprint density at radius 2 is 1.96 bits per heavy atom. The summed E-state index contributed by atoms with van der Waals surface area (Å²) in [6.07, 6.45) is 0.754. The third-order valence-electron chi connectivity index (χ3n) is 4.23. The van der Waals surface area contributed by atoms with Gasteiger partial charge in [-0.15, -0.1) is 0 Å². The van der Waals surface area contributed by atoms with Crippen LogP contribution in [0.5, 0.6) is 5.75 Å². The van der Waals surface area contributed by atoms with Gasteiger partial charge in [0.2, 0.25) is 5.91 Å². The molecule has 0 aliphatic carbocycles. The van der Waals surface area contributed by atoms with E-state index in [1.807, 2.05) is 24.3 Å². The van der Waals surface area contributed by atoms with Gasteiger partial charge in [-0.25, -0.2) is 0 Å². The molecule has 0 saturated heterocycles. The van der Waals surface area contributed by atoms with E-state index in [1.54, 1.807) is 14.0 Å². The number of ether oxygens (including phenoxy) is 1. The standard InChI is InChI=1S/C20H21BrN2O2/c1-14(24)22-11-10-18-20(21)17-9-8-16(25-2)12-19(17)23(18)13-15-6-4-3-5-7-15/h3-9,12H,10-11,13H2,1-2H3,(H,22,24). The lowest BCUT2D eigenvalue weighted by Gasteiger charge is -2.12. The van der Waals surface area contributed by atoms with Gasteiger partial charge in [0.15, 0.2) is 0 Å². The van der Waals surface area contributed by atoms with Crippen LogP contribution in [0.15, 0.2) is 53.0 Å². The van der Waals surface area contributed by atoms with E-state index in [-0.39, 0.29) is 5.91 Å². The van der Waals surface area contributed by atoms with Crippen molar-refractivity contribution in [2.75, 3.05) is 13.7 Å². The number of fused-ring (bicyclic) bond motifs is 1. The smallest absolute Gasteiger partial charge is 0.216 e. The maximum Gasteiger partial charge on any atom is 0.216 e. The van der Waals surface area contributed by atoms with Crippen molar-refractivity contribution in [1.82, 2.24) is 9.88 Å². The lowest BCUT2D eigenvalue weighted by atomic mass is 10.2. The number of nitrogens with zero attached hydrogens (tertiary/aromatic N) is 1. The van der Waals surface area contributed by atoms with Crippen LogP contribution < -0.4 is 10.1 Å². The van der Waals surface area contributed by atoms with Crippen molar-refractivity contribution < 1.29 is 9.53 Å². The summed E-state index contributed by atoms with van der Waals surface area (Å²) < 4.78 is 8.77. The maximum absolute atomic E-state index is 11.2.